The molecule has 1 saturated carbocycles. The summed E-state index contributed by atoms with van der Waals surface area (Å²) in [6, 6.07) is 8.62. The van der Waals surface area contributed by atoms with Crippen molar-refractivity contribution in [3.63, 3.8) is 0 Å². The Labute approximate surface area is 151 Å². The van der Waals surface area contributed by atoms with Crippen molar-refractivity contribution in [3.05, 3.63) is 47.7 Å². The maximum atomic E-state index is 10.6. The van der Waals surface area contributed by atoms with Crippen LogP contribution in [0.3, 0.4) is 0 Å². The number of rotatable bonds is 2. The third-order valence-corrected chi connectivity index (χ3v) is 7.56. The first-order valence-electron chi connectivity index (χ1n) is 9.77. The molecule has 0 amide bonds. The van der Waals surface area contributed by atoms with Gasteiger partial charge in [0.1, 0.15) is 0 Å². The van der Waals surface area contributed by atoms with Crippen LogP contribution in [0.1, 0.15) is 52.5 Å². The molecule has 0 unspecified atom stereocenters. The normalized spacial score (nSPS) is 34.6. The van der Waals surface area contributed by atoms with Crippen LogP contribution in [0, 0.1) is 22.7 Å². The van der Waals surface area contributed by atoms with Gasteiger partial charge >= 0.3 is 0 Å². The summed E-state index contributed by atoms with van der Waals surface area (Å²) in [5.74, 6) is 1.16. The second kappa shape index (κ2) is 5.74. The molecule has 2 nitrogen and oxygen atoms in total. The highest BCUT2D eigenvalue weighted by Crippen LogP contribution is 2.57. The van der Waals surface area contributed by atoms with E-state index in [1.165, 1.54) is 29.3 Å². The first kappa shape index (κ1) is 16.9. The molecule has 1 fully saturated rings. The van der Waals surface area contributed by atoms with E-state index in [0.29, 0.717) is 11.8 Å². The summed E-state index contributed by atoms with van der Waals surface area (Å²) in [4.78, 5) is 3.45. The monoisotopic (exact) mass is 337 g/mol. The van der Waals surface area contributed by atoms with Crippen LogP contribution in [0.2, 0.25) is 0 Å². The van der Waals surface area contributed by atoms with Crippen molar-refractivity contribution in [3.8, 4) is 0 Å². The molecule has 0 saturated heterocycles. The van der Waals surface area contributed by atoms with Gasteiger partial charge in [0.15, 0.2) is 0 Å². The minimum Gasteiger partial charge on any atom is -0.392 e. The van der Waals surface area contributed by atoms with E-state index in [-0.39, 0.29) is 16.9 Å². The molecule has 134 valence electrons. The van der Waals surface area contributed by atoms with Gasteiger partial charge in [0.2, 0.25) is 0 Å². The lowest BCUT2D eigenvalue weighted by Gasteiger charge is -2.54. The Morgan fingerprint density at radius 2 is 1.92 bits per heavy atom. The van der Waals surface area contributed by atoms with Crippen molar-refractivity contribution in [1.29, 1.82) is 0 Å². The van der Waals surface area contributed by atoms with E-state index >= 15 is 0 Å². The number of aliphatic hydroxyl groups is 1. The number of fused-ring (bicyclic) bond motifs is 2. The van der Waals surface area contributed by atoms with Crippen molar-refractivity contribution in [1.82, 2.24) is 4.98 Å². The second-order valence-corrected chi connectivity index (χ2v) is 9.22. The molecule has 1 heterocycles. The number of aromatic nitrogens is 1. The third kappa shape index (κ3) is 2.49. The van der Waals surface area contributed by atoms with Gasteiger partial charge in [-0.3, -0.25) is 0 Å². The number of hydrogen-bond acceptors (Lipinski definition) is 1. The lowest BCUT2D eigenvalue weighted by atomic mass is 9.51. The summed E-state index contributed by atoms with van der Waals surface area (Å²) in [6.07, 6.45) is 8.70. The lowest BCUT2D eigenvalue weighted by molar-refractivity contribution is -0.0190. The van der Waals surface area contributed by atoms with Gasteiger partial charge in [0, 0.05) is 17.1 Å². The number of allylic oxidation sites excluding steroid dienone is 1. The van der Waals surface area contributed by atoms with Crippen LogP contribution in [0.5, 0.6) is 0 Å². The van der Waals surface area contributed by atoms with Gasteiger partial charge in [0.25, 0.3) is 0 Å². The van der Waals surface area contributed by atoms with E-state index in [1.54, 1.807) is 5.57 Å². The Kier molecular flexibility index (Phi) is 3.88. The predicted molar refractivity (Wildman–Crippen MR) is 104 cm³/mol. The molecule has 4 atom stereocenters. The number of para-hydroxylation sites is 1. The maximum Gasteiger partial charge on any atom is 0.0631 e. The number of H-pyrrole nitrogens is 1. The van der Waals surface area contributed by atoms with Gasteiger partial charge in [-0.15, -0.1) is 0 Å². The van der Waals surface area contributed by atoms with Gasteiger partial charge in [-0.05, 0) is 60.0 Å². The third-order valence-electron chi connectivity index (χ3n) is 7.56. The predicted octanol–water partition coefficient (Wildman–Crippen LogP) is 5.48. The number of benzene rings is 1. The summed E-state index contributed by atoms with van der Waals surface area (Å²) in [5, 5.41) is 11.9. The Hall–Kier alpha value is -1.54. The van der Waals surface area contributed by atoms with Crippen LogP contribution < -0.4 is 0 Å². The highest BCUT2D eigenvalue weighted by molar-refractivity contribution is 5.83. The first-order chi connectivity index (χ1) is 11.8. The average Bonchev–Trinajstić information content (AvgIpc) is 2.98. The number of aromatic amines is 1. The number of aliphatic hydroxyl groups excluding tert-OH is 1. The molecule has 0 bridgehead atoms. The van der Waals surface area contributed by atoms with Crippen molar-refractivity contribution in [2.45, 2.75) is 59.5 Å². The zero-order valence-electron chi connectivity index (χ0n) is 16.0. The molecule has 2 N–H and O–H groups in total. The van der Waals surface area contributed by atoms with Crippen molar-refractivity contribution in [2.75, 3.05) is 0 Å². The molecule has 2 aliphatic rings. The summed E-state index contributed by atoms with van der Waals surface area (Å²) in [6.45, 7) is 9.41. The minimum atomic E-state index is -0.216. The smallest absolute Gasteiger partial charge is 0.0631 e. The van der Waals surface area contributed by atoms with Gasteiger partial charge < -0.3 is 10.1 Å². The molecule has 0 spiro atoms. The molecule has 2 heteroatoms. The van der Waals surface area contributed by atoms with E-state index in [1.807, 2.05) is 0 Å². The molecule has 25 heavy (non-hydrogen) atoms. The van der Waals surface area contributed by atoms with E-state index in [0.717, 1.165) is 12.8 Å². The molecular weight excluding hydrogens is 306 g/mol. The summed E-state index contributed by atoms with van der Waals surface area (Å²) in [7, 11) is 0. The number of hydrogen-bond donors (Lipinski definition) is 2. The molecule has 2 aromatic rings. The van der Waals surface area contributed by atoms with Crippen LogP contribution in [-0.4, -0.2) is 16.2 Å². The zero-order chi connectivity index (χ0) is 17.8. The van der Waals surface area contributed by atoms with E-state index in [4.69, 9.17) is 0 Å². The quantitative estimate of drug-likeness (QED) is 0.699. The first-order valence-corrected chi connectivity index (χ1v) is 9.77. The van der Waals surface area contributed by atoms with Crippen LogP contribution >= 0.6 is 0 Å². The van der Waals surface area contributed by atoms with Crippen molar-refractivity contribution < 1.29 is 5.11 Å². The molecule has 1 aromatic carbocycles. The fourth-order valence-electron chi connectivity index (χ4n) is 5.45. The Balaban J connectivity index is 1.76. The highest BCUT2D eigenvalue weighted by Gasteiger charge is 2.50. The average molecular weight is 338 g/mol. The van der Waals surface area contributed by atoms with Crippen molar-refractivity contribution in [2.24, 2.45) is 22.7 Å². The van der Waals surface area contributed by atoms with Gasteiger partial charge in [-0.25, -0.2) is 0 Å². The molecule has 0 aliphatic heterocycles. The summed E-state index contributed by atoms with van der Waals surface area (Å²) in [5.41, 5.74) is 4.41. The van der Waals surface area contributed by atoms with Crippen LogP contribution in [0.15, 0.2) is 42.1 Å². The number of nitrogens with one attached hydrogen (secondary N) is 1. The molecular formula is C23H31NO. The SMILES string of the molecule is C[C@H]1CC[C@H]2C(=CC[C@@H](O)C2(C)C)[C@@]1(C)Cc1c[nH]c2ccccc12. The Morgan fingerprint density at radius 3 is 2.72 bits per heavy atom. The van der Waals surface area contributed by atoms with Crippen LogP contribution in [0.4, 0.5) is 0 Å². The Morgan fingerprint density at radius 1 is 1.16 bits per heavy atom. The van der Waals surface area contributed by atoms with Gasteiger partial charge in [-0.1, -0.05) is 57.5 Å². The van der Waals surface area contributed by atoms with Crippen molar-refractivity contribution >= 4 is 10.9 Å². The topological polar surface area (TPSA) is 36.0 Å². The molecule has 0 radical (unpaired) electrons. The van der Waals surface area contributed by atoms with Crippen LogP contribution in [0.25, 0.3) is 10.9 Å². The summed E-state index contributed by atoms with van der Waals surface area (Å²) >= 11 is 0. The largest absolute Gasteiger partial charge is 0.392 e. The minimum absolute atomic E-state index is 0.0221. The second-order valence-electron chi connectivity index (χ2n) is 9.22. The highest BCUT2D eigenvalue weighted by atomic mass is 16.3. The fourth-order valence-corrected chi connectivity index (χ4v) is 5.45. The van der Waals surface area contributed by atoms with Crippen LogP contribution in [-0.2, 0) is 6.42 Å². The molecule has 4 rings (SSSR count). The van der Waals surface area contributed by atoms with E-state index in [2.05, 4.69) is 69.2 Å². The standard InChI is InChI=1S/C23H31NO/c1-15-9-10-18-19(11-12-21(25)22(18,2)3)23(15,4)13-16-14-24-20-8-6-5-7-17(16)20/h5-8,11,14-15,18,21,24-25H,9-10,12-13H2,1-4H3/t15-,18-,21+,23-/m0/s1. The fraction of sp³-hybridized carbons (Fsp3) is 0.565. The molecule has 2 aliphatic carbocycles. The lowest BCUT2D eigenvalue weighted by Crippen LogP contribution is -2.48. The van der Waals surface area contributed by atoms with E-state index in [9.17, 15) is 5.11 Å². The van der Waals surface area contributed by atoms with Gasteiger partial charge in [-0.2, -0.15) is 0 Å². The van der Waals surface area contributed by atoms with Gasteiger partial charge in [0.05, 0.1) is 6.10 Å². The maximum absolute atomic E-state index is 10.6. The molecule has 1 aromatic heterocycles. The zero-order valence-corrected chi connectivity index (χ0v) is 16.0. The van der Waals surface area contributed by atoms with E-state index < -0.39 is 0 Å². The summed E-state index contributed by atoms with van der Waals surface area (Å²) < 4.78 is 0. The Bertz CT molecular complexity index is 814.